The molecule has 0 radical (unpaired) electrons. The summed E-state index contributed by atoms with van der Waals surface area (Å²) in [7, 11) is 0. The maximum atomic E-state index is 10.5. The van der Waals surface area contributed by atoms with Crippen LogP contribution in [-0.2, 0) is 14.3 Å². The van der Waals surface area contributed by atoms with Crippen LogP contribution >= 0.6 is 0 Å². The van der Waals surface area contributed by atoms with Crippen molar-refractivity contribution < 1.29 is 14.3 Å². The van der Waals surface area contributed by atoms with Crippen LogP contribution in [0.15, 0.2) is 25.3 Å². The Morgan fingerprint density at radius 3 is 2.58 bits per heavy atom. The van der Waals surface area contributed by atoms with Gasteiger partial charge in [0.1, 0.15) is 6.61 Å². The molecule has 0 fully saturated rings. The Balaban J connectivity index is 3.05. The standard InChI is InChI=1S/C9H14O3/c1-3-5-6-11-7-8-12-9(10)4-2/h3-4H,1-2,5-8H2. The molecular formula is C9H14O3. The maximum Gasteiger partial charge on any atom is 0.330 e. The second kappa shape index (κ2) is 8.01. The summed E-state index contributed by atoms with van der Waals surface area (Å²) in [4.78, 5) is 10.5. The number of carbonyl (C=O) groups excluding carboxylic acids is 1. The molecule has 0 aliphatic carbocycles. The molecule has 0 aliphatic rings. The van der Waals surface area contributed by atoms with E-state index in [1.807, 2.05) is 0 Å². The number of esters is 1. The van der Waals surface area contributed by atoms with Gasteiger partial charge in [-0.1, -0.05) is 12.7 Å². The molecule has 0 aromatic rings. The van der Waals surface area contributed by atoms with E-state index in [0.717, 1.165) is 12.5 Å². The number of hydrogen-bond donors (Lipinski definition) is 0. The Labute approximate surface area is 72.7 Å². The van der Waals surface area contributed by atoms with Crippen molar-refractivity contribution in [2.75, 3.05) is 19.8 Å². The van der Waals surface area contributed by atoms with Gasteiger partial charge >= 0.3 is 5.97 Å². The van der Waals surface area contributed by atoms with Crippen molar-refractivity contribution in [3.63, 3.8) is 0 Å². The maximum absolute atomic E-state index is 10.5. The van der Waals surface area contributed by atoms with Crippen LogP contribution < -0.4 is 0 Å². The van der Waals surface area contributed by atoms with E-state index in [0.29, 0.717) is 13.2 Å². The average molecular weight is 170 g/mol. The first-order valence-electron chi connectivity index (χ1n) is 3.79. The molecule has 0 unspecified atom stereocenters. The topological polar surface area (TPSA) is 35.5 Å². The Morgan fingerprint density at radius 1 is 1.25 bits per heavy atom. The van der Waals surface area contributed by atoms with Crippen molar-refractivity contribution in [1.29, 1.82) is 0 Å². The lowest BCUT2D eigenvalue weighted by atomic mass is 10.5. The van der Waals surface area contributed by atoms with Gasteiger partial charge in [0.25, 0.3) is 0 Å². The molecule has 0 spiro atoms. The van der Waals surface area contributed by atoms with E-state index < -0.39 is 5.97 Å². The van der Waals surface area contributed by atoms with Gasteiger partial charge in [-0.15, -0.1) is 6.58 Å². The number of hydrogen-bond acceptors (Lipinski definition) is 3. The Bertz CT molecular complexity index is 152. The summed E-state index contributed by atoms with van der Waals surface area (Å²) < 4.78 is 9.75. The van der Waals surface area contributed by atoms with Crippen molar-refractivity contribution in [3.05, 3.63) is 25.3 Å². The molecule has 0 aliphatic heterocycles. The largest absolute Gasteiger partial charge is 0.460 e. The molecule has 3 nitrogen and oxygen atoms in total. The van der Waals surface area contributed by atoms with Gasteiger partial charge in [-0.25, -0.2) is 4.79 Å². The van der Waals surface area contributed by atoms with Crippen LogP contribution in [0.25, 0.3) is 0 Å². The van der Waals surface area contributed by atoms with Crippen LogP contribution in [0.4, 0.5) is 0 Å². The first-order chi connectivity index (χ1) is 5.81. The molecule has 0 heterocycles. The van der Waals surface area contributed by atoms with Crippen molar-refractivity contribution in [2.45, 2.75) is 6.42 Å². The Morgan fingerprint density at radius 2 is 2.00 bits per heavy atom. The molecule has 0 rings (SSSR count). The normalized spacial score (nSPS) is 9.00. The summed E-state index contributed by atoms with van der Waals surface area (Å²) in [6.07, 6.45) is 3.72. The minimum Gasteiger partial charge on any atom is -0.460 e. The van der Waals surface area contributed by atoms with Crippen LogP contribution in [0.1, 0.15) is 6.42 Å². The predicted octanol–water partition coefficient (Wildman–Crippen LogP) is 1.31. The molecule has 0 aromatic carbocycles. The lowest BCUT2D eigenvalue weighted by Gasteiger charge is -2.02. The summed E-state index contributed by atoms with van der Waals surface area (Å²) in [5.41, 5.74) is 0. The summed E-state index contributed by atoms with van der Waals surface area (Å²) in [6, 6.07) is 0. The van der Waals surface area contributed by atoms with Gasteiger partial charge in [-0.3, -0.25) is 0 Å². The Hall–Kier alpha value is -1.09. The lowest BCUT2D eigenvalue weighted by molar-refractivity contribution is -0.139. The monoisotopic (exact) mass is 170 g/mol. The molecule has 0 atom stereocenters. The van der Waals surface area contributed by atoms with Gasteiger partial charge in [0, 0.05) is 6.08 Å². The van der Waals surface area contributed by atoms with Crippen molar-refractivity contribution in [2.24, 2.45) is 0 Å². The average Bonchev–Trinajstić information content (AvgIpc) is 2.10. The third-order valence-corrected chi connectivity index (χ3v) is 1.10. The molecule has 0 bridgehead atoms. The van der Waals surface area contributed by atoms with Gasteiger partial charge in [0.15, 0.2) is 0 Å². The van der Waals surface area contributed by atoms with Crippen LogP contribution in [0.5, 0.6) is 0 Å². The summed E-state index contributed by atoms with van der Waals surface area (Å²) >= 11 is 0. The van der Waals surface area contributed by atoms with E-state index in [1.54, 1.807) is 6.08 Å². The zero-order chi connectivity index (χ0) is 9.23. The first-order valence-corrected chi connectivity index (χ1v) is 3.79. The third-order valence-electron chi connectivity index (χ3n) is 1.10. The molecular weight excluding hydrogens is 156 g/mol. The quantitative estimate of drug-likeness (QED) is 0.250. The number of rotatable bonds is 7. The highest BCUT2D eigenvalue weighted by atomic mass is 16.6. The van der Waals surface area contributed by atoms with Crippen molar-refractivity contribution in [3.8, 4) is 0 Å². The molecule has 12 heavy (non-hydrogen) atoms. The van der Waals surface area contributed by atoms with Gasteiger partial charge in [0.05, 0.1) is 13.2 Å². The fourth-order valence-corrected chi connectivity index (χ4v) is 0.529. The molecule has 0 amide bonds. The highest BCUT2D eigenvalue weighted by molar-refractivity contribution is 5.81. The highest BCUT2D eigenvalue weighted by Gasteiger charge is 1.93. The molecule has 3 heteroatoms. The van der Waals surface area contributed by atoms with E-state index >= 15 is 0 Å². The van der Waals surface area contributed by atoms with E-state index in [9.17, 15) is 4.79 Å². The third kappa shape index (κ3) is 7.02. The van der Waals surface area contributed by atoms with Crippen molar-refractivity contribution >= 4 is 5.97 Å². The lowest BCUT2D eigenvalue weighted by Crippen LogP contribution is -2.08. The molecule has 68 valence electrons. The van der Waals surface area contributed by atoms with Gasteiger partial charge in [-0.2, -0.15) is 0 Å². The zero-order valence-corrected chi connectivity index (χ0v) is 7.12. The van der Waals surface area contributed by atoms with E-state index in [2.05, 4.69) is 17.9 Å². The zero-order valence-electron chi connectivity index (χ0n) is 7.12. The number of ether oxygens (including phenoxy) is 2. The minimum absolute atomic E-state index is 0.280. The van der Waals surface area contributed by atoms with E-state index in [1.165, 1.54) is 0 Å². The highest BCUT2D eigenvalue weighted by Crippen LogP contribution is 1.84. The molecule has 0 saturated heterocycles. The minimum atomic E-state index is -0.415. The van der Waals surface area contributed by atoms with Crippen LogP contribution in [-0.4, -0.2) is 25.8 Å². The van der Waals surface area contributed by atoms with Crippen LogP contribution in [0.2, 0.25) is 0 Å². The van der Waals surface area contributed by atoms with Crippen LogP contribution in [0.3, 0.4) is 0 Å². The summed E-state index contributed by atoms with van der Waals surface area (Å²) in [5, 5.41) is 0. The van der Waals surface area contributed by atoms with Crippen molar-refractivity contribution in [1.82, 2.24) is 0 Å². The van der Waals surface area contributed by atoms with Gasteiger partial charge < -0.3 is 9.47 Å². The van der Waals surface area contributed by atoms with E-state index in [-0.39, 0.29) is 6.61 Å². The van der Waals surface area contributed by atoms with Gasteiger partial charge in [-0.05, 0) is 6.42 Å². The van der Waals surface area contributed by atoms with Crippen LogP contribution in [0, 0.1) is 0 Å². The second-order valence-electron chi connectivity index (χ2n) is 2.06. The fraction of sp³-hybridized carbons (Fsp3) is 0.444. The summed E-state index contributed by atoms with van der Waals surface area (Å²) in [5.74, 6) is -0.415. The smallest absolute Gasteiger partial charge is 0.330 e. The number of carbonyl (C=O) groups is 1. The Kier molecular flexibility index (Phi) is 7.28. The second-order valence-corrected chi connectivity index (χ2v) is 2.06. The first kappa shape index (κ1) is 10.9. The predicted molar refractivity (Wildman–Crippen MR) is 46.8 cm³/mol. The fourth-order valence-electron chi connectivity index (χ4n) is 0.529. The molecule has 0 N–H and O–H groups in total. The van der Waals surface area contributed by atoms with E-state index in [4.69, 9.17) is 4.74 Å². The SMILES string of the molecule is C=CCCOCCOC(=O)C=C. The summed E-state index contributed by atoms with van der Waals surface area (Å²) in [6.45, 7) is 8.13. The van der Waals surface area contributed by atoms with Gasteiger partial charge in [0.2, 0.25) is 0 Å². The molecule has 0 aromatic heterocycles. The molecule has 0 saturated carbocycles.